The van der Waals surface area contributed by atoms with Gasteiger partial charge in [-0.15, -0.1) is 0 Å². The van der Waals surface area contributed by atoms with E-state index in [0.29, 0.717) is 5.92 Å². The lowest BCUT2D eigenvalue weighted by Crippen LogP contribution is -2.34. The van der Waals surface area contributed by atoms with Crippen LogP contribution in [0.15, 0.2) is 6.20 Å². The van der Waals surface area contributed by atoms with Gasteiger partial charge in [0, 0.05) is 12.5 Å². The zero-order valence-electron chi connectivity index (χ0n) is 7.14. The summed E-state index contributed by atoms with van der Waals surface area (Å²) in [5.41, 5.74) is 3.69. The van der Waals surface area contributed by atoms with E-state index in [4.69, 9.17) is 10.6 Å². The molecular formula is C7H12N4OS. The molecule has 1 saturated heterocycles. The van der Waals surface area contributed by atoms with Crippen LogP contribution in [0.2, 0.25) is 0 Å². The van der Waals surface area contributed by atoms with Gasteiger partial charge < -0.3 is 4.74 Å². The lowest BCUT2D eigenvalue weighted by Gasteiger charge is -2.18. The third-order valence-electron chi connectivity index (χ3n) is 2.31. The second kappa shape index (κ2) is 4.10. The molecule has 2 unspecified atom stereocenters. The van der Waals surface area contributed by atoms with Gasteiger partial charge >= 0.3 is 0 Å². The molecule has 1 fully saturated rings. The standard InChI is InChI=1S/C7H12N4OS/c8-10-7(5-1-2-12-4-5)6-3-9-13-11-6/h3,5,7,10H,1-2,4,8H2. The van der Waals surface area contributed by atoms with E-state index < -0.39 is 0 Å². The maximum atomic E-state index is 5.48. The maximum Gasteiger partial charge on any atom is 0.0929 e. The number of aromatic nitrogens is 2. The summed E-state index contributed by atoms with van der Waals surface area (Å²) in [7, 11) is 0. The van der Waals surface area contributed by atoms with Crippen molar-refractivity contribution < 1.29 is 4.74 Å². The molecule has 0 amide bonds. The van der Waals surface area contributed by atoms with Gasteiger partial charge in [-0.1, -0.05) is 0 Å². The molecule has 13 heavy (non-hydrogen) atoms. The second-order valence-electron chi connectivity index (χ2n) is 3.10. The van der Waals surface area contributed by atoms with E-state index in [1.165, 1.54) is 11.7 Å². The first-order chi connectivity index (χ1) is 6.42. The first-order valence-corrected chi connectivity index (χ1v) is 4.96. The predicted octanol–water partition coefficient (Wildman–Crippen LogP) is 0.0790. The van der Waals surface area contributed by atoms with Crippen LogP contribution < -0.4 is 11.3 Å². The molecule has 1 aliphatic heterocycles. The van der Waals surface area contributed by atoms with Crippen LogP contribution in [0.5, 0.6) is 0 Å². The van der Waals surface area contributed by atoms with Gasteiger partial charge in [0.15, 0.2) is 0 Å². The van der Waals surface area contributed by atoms with Crippen molar-refractivity contribution in [2.75, 3.05) is 13.2 Å². The Labute approximate surface area is 80.6 Å². The fraction of sp³-hybridized carbons (Fsp3) is 0.714. The highest BCUT2D eigenvalue weighted by Gasteiger charge is 2.27. The van der Waals surface area contributed by atoms with Crippen molar-refractivity contribution in [3.05, 3.63) is 11.9 Å². The fourth-order valence-corrected chi connectivity index (χ4v) is 2.04. The molecular weight excluding hydrogens is 188 g/mol. The molecule has 0 aromatic carbocycles. The van der Waals surface area contributed by atoms with Crippen molar-refractivity contribution in [1.29, 1.82) is 0 Å². The summed E-state index contributed by atoms with van der Waals surface area (Å²) in [4.78, 5) is 0. The number of ether oxygens (including phenoxy) is 1. The molecule has 1 aliphatic rings. The quantitative estimate of drug-likeness (QED) is 0.534. The average molecular weight is 200 g/mol. The summed E-state index contributed by atoms with van der Waals surface area (Å²) < 4.78 is 13.4. The van der Waals surface area contributed by atoms with Crippen LogP contribution in [-0.2, 0) is 4.74 Å². The molecule has 1 aromatic heterocycles. The second-order valence-corrected chi connectivity index (χ2v) is 3.66. The minimum absolute atomic E-state index is 0.0845. The van der Waals surface area contributed by atoms with Crippen molar-refractivity contribution in [3.63, 3.8) is 0 Å². The van der Waals surface area contributed by atoms with Crippen LogP contribution in [0.4, 0.5) is 0 Å². The Kier molecular flexibility index (Phi) is 2.84. The van der Waals surface area contributed by atoms with Crippen LogP contribution >= 0.6 is 11.7 Å². The Hall–Kier alpha value is -0.560. The maximum absolute atomic E-state index is 5.48. The summed E-state index contributed by atoms with van der Waals surface area (Å²) in [6.07, 6.45) is 2.79. The topological polar surface area (TPSA) is 73.1 Å². The van der Waals surface area contributed by atoms with Gasteiger partial charge in [-0.3, -0.25) is 11.3 Å². The number of hydrazine groups is 1. The number of nitrogens with two attached hydrogens (primary N) is 1. The normalized spacial score (nSPS) is 24.8. The Morgan fingerprint density at radius 2 is 2.69 bits per heavy atom. The van der Waals surface area contributed by atoms with Gasteiger partial charge in [0.2, 0.25) is 0 Å². The summed E-state index contributed by atoms with van der Waals surface area (Å²) in [6, 6.07) is 0.0845. The van der Waals surface area contributed by atoms with Crippen molar-refractivity contribution in [2.45, 2.75) is 12.5 Å². The molecule has 0 bridgehead atoms. The lowest BCUT2D eigenvalue weighted by molar-refractivity contribution is 0.176. The third-order valence-corrected chi connectivity index (χ3v) is 2.81. The van der Waals surface area contributed by atoms with Crippen LogP contribution in [0.1, 0.15) is 18.2 Å². The van der Waals surface area contributed by atoms with Crippen molar-refractivity contribution in [1.82, 2.24) is 14.2 Å². The summed E-state index contributed by atoms with van der Waals surface area (Å²) in [5.74, 6) is 5.90. The first kappa shape index (κ1) is 9.01. The molecule has 3 N–H and O–H groups in total. The van der Waals surface area contributed by atoms with Gasteiger partial charge in [-0.2, -0.15) is 8.75 Å². The van der Waals surface area contributed by atoms with Gasteiger partial charge in [-0.05, 0) is 6.42 Å². The van der Waals surface area contributed by atoms with Gasteiger partial charge in [-0.25, -0.2) is 0 Å². The highest BCUT2D eigenvalue weighted by molar-refractivity contribution is 6.99. The van der Waals surface area contributed by atoms with E-state index in [1.54, 1.807) is 6.20 Å². The van der Waals surface area contributed by atoms with E-state index in [2.05, 4.69) is 14.2 Å². The van der Waals surface area contributed by atoms with Crippen LogP contribution in [0, 0.1) is 5.92 Å². The molecule has 72 valence electrons. The molecule has 2 rings (SSSR count). The number of rotatable bonds is 3. The molecule has 0 saturated carbocycles. The molecule has 5 nitrogen and oxygen atoms in total. The zero-order valence-corrected chi connectivity index (χ0v) is 7.96. The molecule has 0 aliphatic carbocycles. The number of nitrogens with one attached hydrogen (secondary N) is 1. The number of hydrogen-bond donors (Lipinski definition) is 2. The molecule has 1 aromatic rings. The van der Waals surface area contributed by atoms with Crippen LogP contribution in [-0.4, -0.2) is 22.0 Å². The fourth-order valence-electron chi connectivity index (χ4n) is 1.59. The Morgan fingerprint density at radius 3 is 3.23 bits per heavy atom. The van der Waals surface area contributed by atoms with Gasteiger partial charge in [0.1, 0.15) is 0 Å². The van der Waals surface area contributed by atoms with Gasteiger partial charge in [0.05, 0.1) is 36.3 Å². The van der Waals surface area contributed by atoms with E-state index in [0.717, 1.165) is 25.3 Å². The van der Waals surface area contributed by atoms with E-state index in [9.17, 15) is 0 Å². The molecule has 2 heterocycles. The monoisotopic (exact) mass is 200 g/mol. The first-order valence-electron chi connectivity index (χ1n) is 4.23. The van der Waals surface area contributed by atoms with E-state index >= 15 is 0 Å². The number of nitrogens with zero attached hydrogens (tertiary/aromatic N) is 2. The van der Waals surface area contributed by atoms with Crippen molar-refractivity contribution in [2.24, 2.45) is 11.8 Å². The van der Waals surface area contributed by atoms with Gasteiger partial charge in [0.25, 0.3) is 0 Å². The number of hydrogen-bond acceptors (Lipinski definition) is 6. The minimum atomic E-state index is 0.0845. The summed E-state index contributed by atoms with van der Waals surface area (Å²) in [6.45, 7) is 1.58. The minimum Gasteiger partial charge on any atom is -0.381 e. The molecule has 0 radical (unpaired) electrons. The zero-order chi connectivity index (χ0) is 9.10. The van der Waals surface area contributed by atoms with Crippen LogP contribution in [0.25, 0.3) is 0 Å². The van der Waals surface area contributed by atoms with Crippen LogP contribution in [0.3, 0.4) is 0 Å². The summed E-state index contributed by atoms with van der Waals surface area (Å²) >= 11 is 1.21. The predicted molar refractivity (Wildman–Crippen MR) is 48.9 cm³/mol. The molecule has 2 atom stereocenters. The smallest absolute Gasteiger partial charge is 0.0929 e. The molecule has 6 heteroatoms. The highest BCUT2D eigenvalue weighted by Crippen LogP contribution is 2.26. The average Bonchev–Trinajstić information content (AvgIpc) is 2.76. The highest BCUT2D eigenvalue weighted by atomic mass is 32.1. The van der Waals surface area contributed by atoms with Crippen molar-refractivity contribution in [3.8, 4) is 0 Å². The largest absolute Gasteiger partial charge is 0.381 e. The SMILES string of the molecule is NNC(c1cnsn1)C1CCOC1. The Balaban J connectivity index is 2.08. The van der Waals surface area contributed by atoms with E-state index in [-0.39, 0.29) is 6.04 Å². The van der Waals surface area contributed by atoms with Crippen molar-refractivity contribution >= 4 is 11.7 Å². The summed E-state index contributed by atoms with van der Waals surface area (Å²) in [5, 5.41) is 0. The van der Waals surface area contributed by atoms with E-state index in [1.807, 2.05) is 0 Å². The third kappa shape index (κ3) is 1.86. The Bertz CT molecular complexity index is 247. The Morgan fingerprint density at radius 1 is 1.77 bits per heavy atom. The lowest BCUT2D eigenvalue weighted by atomic mass is 9.97. The molecule has 0 spiro atoms.